The van der Waals surface area contributed by atoms with Crippen molar-refractivity contribution in [3.63, 3.8) is 0 Å². The number of carbonyl (C=O) groups excluding carboxylic acids is 1. The van der Waals surface area contributed by atoms with Gasteiger partial charge in [0.05, 0.1) is 18.6 Å². The molecule has 2 aliphatic rings. The Labute approximate surface area is 138 Å². The van der Waals surface area contributed by atoms with Crippen LogP contribution in [0.2, 0.25) is 0 Å². The summed E-state index contributed by atoms with van der Waals surface area (Å²) in [4.78, 5) is 22.7. The van der Waals surface area contributed by atoms with E-state index in [4.69, 9.17) is 9.84 Å². The Morgan fingerprint density at radius 3 is 2.22 bits per heavy atom. The van der Waals surface area contributed by atoms with Crippen LogP contribution in [0, 0.1) is 5.92 Å². The lowest BCUT2D eigenvalue weighted by Crippen LogP contribution is -2.45. The molecule has 2 saturated carbocycles. The summed E-state index contributed by atoms with van der Waals surface area (Å²) in [5.41, 5.74) is 0. The van der Waals surface area contributed by atoms with Gasteiger partial charge in [0.1, 0.15) is 0 Å². The quantitative estimate of drug-likeness (QED) is 0.517. The average Bonchev–Trinajstić information content (AvgIpc) is 2.81. The molecule has 2 amide bonds. The Hall–Kier alpha value is -1.30. The summed E-state index contributed by atoms with van der Waals surface area (Å²) in [5, 5.41) is 14.7. The SMILES string of the molecule is O=C(NCCOC1CCCCCC1)NC1CCC(C(=O)O)CC1. The fourth-order valence-electron chi connectivity index (χ4n) is 3.52. The maximum atomic E-state index is 11.8. The number of amides is 2. The van der Waals surface area contributed by atoms with E-state index in [-0.39, 0.29) is 18.0 Å². The summed E-state index contributed by atoms with van der Waals surface area (Å²) in [6.45, 7) is 1.08. The lowest BCUT2D eigenvalue weighted by atomic mass is 9.86. The molecule has 6 nitrogen and oxygen atoms in total. The molecule has 0 aromatic heterocycles. The van der Waals surface area contributed by atoms with E-state index in [9.17, 15) is 9.59 Å². The highest BCUT2D eigenvalue weighted by Gasteiger charge is 2.26. The first kappa shape index (κ1) is 18.0. The summed E-state index contributed by atoms with van der Waals surface area (Å²) in [5.74, 6) is -0.965. The minimum absolute atomic E-state index is 0.0911. The number of carbonyl (C=O) groups is 2. The monoisotopic (exact) mass is 326 g/mol. The van der Waals surface area contributed by atoms with Crippen LogP contribution in [-0.4, -0.2) is 42.4 Å². The third kappa shape index (κ3) is 6.77. The Bertz CT molecular complexity index is 373. The van der Waals surface area contributed by atoms with Crippen molar-refractivity contribution in [1.29, 1.82) is 0 Å². The van der Waals surface area contributed by atoms with E-state index in [1.165, 1.54) is 25.7 Å². The van der Waals surface area contributed by atoms with Crippen LogP contribution in [0.3, 0.4) is 0 Å². The van der Waals surface area contributed by atoms with E-state index in [1.807, 2.05) is 0 Å². The number of urea groups is 1. The zero-order valence-electron chi connectivity index (χ0n) is 13.9. The molecule has 0 radical (unpaired) electrons. The van der Waals surface area contributed by atoms with Crippen LogP contribution in [0.25, 0.3) is 0 Å². The summed E-state index contributed by atoms with van der Waals surface area (Å²) in [6, 6.07) is -0.0818. The first-order chi connectivity index (χ1) is 11.1. The van der Waals surface area contributed by atoms with Crippen LogP contribution >= 0.6 is 0 Å². The Kier molecular flexibility index (Phi) is 7.65. The normalized spacial score (nSPS) is 26.3. The highest BCUT2D eigenvalue weighted by atomic mass is 16.5. The Morgan fingerprint density at radius 1 is 0.957 bits per heavy atom. The average molecular weight is 326 g/mol. The second-order valence-corrected chi connectivity index (χ2v) is 6.77. The van der Waals surface area contributed by atoms with Crippen LogP contribution in [0.4, 0.5) is 4.79 Å². The molecule has 132 valence electrons. The van der Waals surface area contributed by atoms with Crippen molar-refractivity contribution < 1.29 is 19.4 Å². The van der Waals surface area contributed by atoms with Gasteiger partial charge in [0.25, 0.3) is 0 Å². The Morgan fingerprint density at radius 2 is 1.61 bits per heavy atom. The summed E-state index contributed by atoms with van der Waals surface area (Å²) in [7, 11) is 0. The van der Waals surface area contributed by atoms with Gasteiger partial charge in [-0.1, -0.05) is 25.7 Å². The highest BCUT2D eigenvalue weighted by Crippen LogP contribution is 2.24. The zero-order chi connectivity index (χ0) is 16.5. The van der Waals surface area contributed by atoms with Crippen molar-refractivity contribution in [2.45, 2.75) is 76.4 Å². The van der Waals surface area contributed by atoms with E-state index in [1.54, 1.807) is 0 Å². The predicted molar refractivity (Wildman–Crippen MR) is 87.4 cm³/mol. The minimum atomic E-state index is -0.719. The van der Waals surface area contributed by atoms with Crippen molar-refractivity contribution in [2.24, 2.45) is 5.92 Å². The molecule has 0 saturated heterocycles. The second-order valence-electron chi connectivity index (χ2n) is 6.77. The zero-order valence-corrected chi connectivity index (χ0v) is 13.9. The largest absolute Gasteiger partial charge is 0.481 e. The first-order valence-corrected chi connectivity index (χ1v) is 9.04. The van der Waals surface area contributed by atoms with Crippen molar-refractivity contribution in [3.8, 4) is 0 Å². The number of carboxylic acids is 1. The van der Waals surface area contributed by atoms with Gasteiger partial charge in [0, 0.05) is 12.6 Å². The van der Waals surface area contributed by atoms with Gasteiger partial charge in [-0.15, -0.1) is 0 Å². The lowest BCUT2D eigenvalue weighted by molar-refractivity contribution is -0.142. The van der Waals surface area contributed by atoms with Crippen LogP contribution < -0.4 is 10.6 Å². The van der Waals surface area contributed by atoms with E-state index in [0.717, 1.165) is 25.7 Å². The summed E-state index contributed by atoms with van der Waals surface area (Å²) in [6.07, 6.45) is 10.5. The minimum Gasteiger partial charge on any atom is -0.481 e. The number of nitrogens with one attached hydrogen (secondary N) is 2. The summed E-state index contributed by atoms with van der Waals surface area (Å²) >= 11 is 0. The van der Waals surface area contributed by atoms with Crippen LogP contribution in [0.15, 0.2) is 0 Å². The number of aliphatic carboxylic acids is 1. The number of rotatable bonds is 6. The number of hydrogen-bond donors (Lipinski definition) is 3. The molecule has 0 spiro atoms. The van der Waals surface area contributed by atoms with Crippen molar-refractivity contribution in [3.05, 3.63) is 0 Å². The van der Waals surface area contributed by atoms with Crippen molar-refractivity contribution >= 4 is 12.0 Å². The number of carboxylic acid groups (broad SMARTS) is 1. The maximum absolute atomic E-state index is 11.8. The molecule has 0 heterocycles. The molecule has 0 unspecified atom stereocenters. The number of ether oxygens (including phenoxy) is 1. The molecule has 0 bridgehead atoms. The predicted octanol–water partition coefficient (Wildman–Crippen LogP) is 2.67. The first-order valence-electron chi connectivity index (χ1n) is 9.04. The fraction of sp³-hybridized carbons (Fsp3) is 0.882. The molecule has 3 N–H and O–H groups in total. The van der Waals surface area contributed by atoms with E-state index in [0.29, 0.717) is 32.1 Å². The van der Waals surface area contributed by atoms with Gasteiger partial charge >= 0.3 is 12.0 Å². The standard InChI is InChI=1S/C17H30N2O4/c20-16(21)13-7-9-14(10-8-13)19-17(22)18-11-12-23-15-5-3-1-2-4-6-15/h13-15H,1-12H2,(H,20,21)(H2,18,19,22). The summed E-state index contributed by atoms with van der Waals surface area (Å²) < 4.78 is 5.84. The van der Waals surface area contributed by atoms with E-state index < -0.39 is 5.97 Å². The van der Waals surface area contributed by atoms with Gasteiger partial charge in [-0.3, -0.25) is 4.79 Å². The van der Waals surface area contributed by atoms with Crippen molar-refractivity contribution in [1.82, 2.24) is 10.6 Å². The lowest BCUT2D eigenvalue weighted by Gasteiger charge is -2.26. The maximum Gasteiger partial charge on any atom is 0.315 e. The molecule has 2 rings (SSSR count). The van der Waals surface area contributed by atoms with Crippen LogP contribution in [0.5, 0.6) is 0 Å². The van der Waals surface area contributed by atoms with Gasteiger partial charge in [0.2, 0.25) is 0 Å². The fourth-order valence-corrected chi connectivity index (χ4v) is 3.52. The molecule has 6 heteroatoms. The number of hydrogen-bond acceptors (Lipinski definition) is 3. The van der Waals surface area contributed by atoms with Gasteiger partial charge in [-0.2, -0.15) is 0 Å². The molecular formula is C17H30N2O4. The third-order valence-electron chi connectivity index (χ3n) is 4.96. The highest BCUT2D eigenvalue weighted by molar-refractivity contribution is 5.74. The third-order valence-corrected chi connectivity index (χ3v) is 4.96. The second kappa shape index (κ2) is 9.75. The molecule has 0 aromatic carbocycles. The Balaban J connectivity index is 1.52. The molecular weight excluding hydrogens is 296 g/mol. The van der Waals surface area contributed by atoms with Gasteiger partial charge in [-0.05, 0) is 38.5 Å². The molecule has 2 aliphatic carbocycles. The van der Waals surface area contributed by atoms with E-state index >= 15 is 0 Å². The smallest absolute Gasteiger partial charge is 0.315 e. The molecule has 0 aliphatic heterocycles. The van der Waals surface area contributed by atoms with Gasteiger partial charge < -0.3 is 20.5 Å². The topological polar surface area (TPSA) is 87.7 Å². The molecule has 0 aromatic rings. The molecule has 0 atom stereocenters. The van der Waals surface area contributed by atoms with Gasteiger partial charge in [-0.25, -0.2) is 4.79 Å². The molecule has 2 fully saturated rings. The van der Waals surface area contributed by atoms with E-state index in [2.05, 4.69) is 10.6 Å². The molecule has 23 heavy (non-hydrogen) atoms. The van der Waals surface area contributed by atoms with Gasteiger partial charge in [0.15, 0.2) is 0 Å². The van der Waals surface area contributed by atoms with Crippen LogP contribution in [-0.2, 0) is 9.53 Å². The van der Waals surface area contributed by atoms with Crippen LogP contribution in [0.1, 0.15) is 64.2 Å². The van der Waals surface area contributed by atoms with Crippen molar-refractivity contribution in [2.75, 3.05) is 13.2 Å².